The van der Waals surface area contributed by atoms with Crippen LogP contribution in [0.3, 0.4) is 0 Å². The van der Waals surface area contributed by atoms with E-state index >= 15 is 0 Å². The molecule has 1 N–H and O–H groups in total. The monoisotopic (exact) mass is 386 g/mol. The predicted octanol–water partition coefficient (Wildman–Crippen LogP) is 5.08. The SMILES string of the molecule is Cc1ccc(CCC(=O)c2nc(-c3nccs3)sc2C(O)C(C)C)cc1. The summed E-state index contributed by atoms with van der Waals surface area (Å²) in [6.45, 7) is 5.92. The largest absolute Gasteiger partial charge is 0.387 e. The molecule has 0 spiro atoms. The first kappa shape index (κ1) is 18.9. The summed E-state index contributed by atoms with van der Waals surface area (Å²) in [6, 6.07) is 8.21. The molecule has 3 rings (SSSR count). The number of nitrogens with zero attached hydrogens (tertiary/aromatic N) is 2. The Kier molecular flexibility index (Phi) is 5.96. The number of hydrogen-bond donors (Lipinski definition) is 1. The Hall–Kier alpha value is -1.89. The van der Waals surface area contributed by atoms with Crippen molar-refractivity contribution in [1.29, 1.82) is 0 Å². The molecular formula is C20H22N2O2S2. The van der Waals surface area contributed by atoms with E-state index in [1.54, 1.807) is 6.20 Å². The molecule has 1 atom stereocenters. The maximum absolute atomic E-state index is 12.8. The van der Waals surface area contributed by atoms with Crippen LogP contribution in [0, 0.1) is 12.8 Å². The highest BCUT2D eigenvalue weighted by atomic mass is 32.1. The third kappa shape index (κ3) is 4.26. The van der Waals surface area contributed by atoms with Gasteiger partial charge in [0, 0.05) is 18.0 Å². The number of aromatic nitrogens is 2. The number of thiazole rings is 2. The lowest BCUT2D eigenvalue weighted by Crippen LogP contribution is -2.11. The van der Waals surface area contributed by atoms with Crippen LogP contribution >= 0.6 is 22.7 Å². The molecule has 6 heteroatoms. The van der Waals surface area contributed by atoms with E-state index in [9.17, 15) is 9.90 Å². The minimum Gasteiger partial charge on any atom is -0.387 e. The fraction of sp³-hybridized carbons (Fsp3) is 0.350. The van der Waals surface area contributed by atoms with E-state index in [1.807, 2.05) is 26.2 Å². The molecule has 136 valence electrons. The number of carbonyl (C=O) groups is 1. The number of Topliss-reactive ketones (excluding diaryl/α,β-unsaturated/α-hetero) is 1. The van der Waals surface area contributed by atoms with Gasteiger partial charge in [-0.3, -0.25) is 4.79 Å². The molecule has 1 unspecified atom stereocenters. The summed E-state index contributed by atoms with van der Waals surface area (Å²) in [4.78, 5) is 22.3. The molecule has 0 aliphatic rings. The number of benzene rings is 1. The molecule has 4 nitrogen and oxygen atoms in total. The van der Waals surface area contributed by atoms with E-state index in [1.165, 1.54) is 28.2 Å². The average Bonchev–Trinajstić information content (AvgIpc) is 3.29. The molecule has 26 heavy (non-hydrogen) atoms. The third-order valence-electron chi connectivity index (χ3n) is 4.19. The van der Waals surface area contributed by atoms with Gasteiger partial charge in [0.15, 0.2) is 15.8 Å². The Labute approximate surface area is 161 Å². The van der Waals surface area contributed by atoms with E-state index in [0.29, 0.717) is 28.4 Å². The number of aliphatic hydroxyl groups is 1. The van der Waals surface area contributed by atoms with Gasteiger partial charge < -0.3 is 5.11 Å². The summed E-state index contributed by atoms with van der Waals surface area (Å²) >= 11 is 2.86. The fourth-order valence-corrected chi connectivity index (χ4v) is 4.51. The molecule has 0 fully saturated rings. The molecule has 0 aliphatic carbocycles. The maximum atomic E-state index is 12.8. The Morgan fingerprint density at radius 3 is 2.54 bits per heavy atom. The Bertz CT molecular complexity index is 868. The van der Waals surface area contributed by atoms with Crippen LogP contribution in [0.2, 0.25) is 0 Å². The second-order valence-corrected chi connectivity index (χ2v) is 8.59. The molecule has 3 aromatic rings. The first-order valence-electron chi connectivity index (χ1n) is 8.63. The van der Waals surface area contributed by atoms with Crippen molar-refractivity contribution in [2.24, 2.45) is 5.92 Å². The number of aryl methyl sites for hydroxylation is 2. The maximum Gasteiger partial charge on any atom is 0.182 e. The zero-order chi connectivity index (χ0) is 18.7. The van der Waals surface area contributed by atoms with Gasteiger partial charge in [-0.05, 0) is 24.8 Å². The number of rotatable bonds is 7. The predicted molar refractivity (Wildman–Crippen MR) is 107 cm³/mol. The molecule has 2 aromatic heterocycles. The Morgan fingerprint density at radius 2 is 1.92 bits per heavy atom. The van der Waals surface area contributed by atoms with Crippen molar-refractivity contribution in [2.45, 2.75) is 39.7 Å². The first-order chi connectivity index (χ1) is 12.5. The molecule has 0 saturated carbocycles. The third-order valence-corrected chi connectivity index (χ3v) is 6.24. The Morgan fingerprint density at radius 1 is 1.19 bits per heavy atom. The van der Waals surface area contributed by atoms with Crippen molar-refractivity contribution in [3.63, 3.8) is 0 Å². The van der Waals surface area contributed by atoms with Crippen molar-refractivity contribution >= 4 is 28.5 Å². The quantitative estimate of drug-likeness (QED) is 0.575. The van der Waals surface area contributed by atoms with Gasteiger partial charge in [-0.1, -0.05) is 43.7 Å². The fourth-order valence-electron chi connectivity index (χ4n) is 2.59. The van der Waals surface area contributed by atoms with Gasteiger partial charge >= 0.3 is 0 Å². The number of aliphatic hydroxyl groups excluding tert-OH is 1. The van der Waals surface area contributed by atoms with Crippen LogP contribution in [0.5, 0.6) is 0 Å². The highest BCUT2D eigenvalue weighted by Crippen LogP contribution is 2.36. The highest BCUT2D eigenvalue weighted by Gasteiger charge is 2.26. The lowest BCUT2D eigenvalue weighted by molar-refractivity contribution is 0.0961. The average molecular weight is 387 g/mol. The summed E-state index contributed by atoms with van der Waals surface area (Å²) in [5.74, 6) is -0.0115. The van der Waals surface area contributed by atoms with Gasteiger partial charge in [0.2, 0.25) is 0 Å². The standard InChI is InChI=1S/C20H22N2O2S2/c1-12(2)17(24)18-16(22-20(26-18)19-21-10-11-25-19)15(23)9-8-14-6-4-13(3)5-7-14/h4-7,10-12,17,24H,8-9H2,1-3H3. The molecule has 2 heterocycles. The molecule has 0 aliphatic heterocycles. The first-order valence-corrected chi connectivity index (χ1v) is 10.3. The van der Waals surface area contributed by atoms with Crippen LogP contribution in [0.25, 0.3) is 10.0 Å². The minimum absolute atomic E-state index is 0.0169. The van der Waals surface area contributed by atoms with Crippen molar-refractivity contribution in [2.75, 3.05) is 0 Å². The van der Waals surface area contributed by atoms with Crippen LogP contribution in [-0.2, 0) is 6.42 Å². The molecule has 0 saturated heterocycles. The van der Waals surface area contributed by atoms with Crippen molar-refractivity contribution in [3.8, 4) is 10.0 Å². The summed E-state index contributed by atoms with van der Waals surface area (Å²) < 4.78 is 0. The lowest BCUT2D eigenvalue weighted by atomic mass is 10.0. The van der Waals surface area contributed by atoms with E-state index < -0.39 is 6.10 Å². The van der Waals surface area contributed by atoms with Gasteiger partial charge in [0.05, 0.1) is 11.0 Å². The summed E-state index contributed by atoms with van der Waals surface area (Å²) in [5.41, 5.74) is 2.73. The molecule has 1 aromatic carbocycles. The highest BCUT2D eigenvalue weighted by molar-refractivity contribution is 7.20. The van der Waals surface area contributed by atoms with Crippen molar-refractivity contribution < 1.29 is 9.90 Å². The molecule has 0 radical (unpaired) electrons. The van der Waals surface area contributed by atoms with Crippen LogP contribution in [0.1, 0.15) is 52.9 Å². The smallest absolute Gasteiger partial charge is 0.182 e. The van der Waals surface area contributed by atoms with Crippen molar-refractivity contribution in [3.05, 3.63) is 57.5 Å². The van der Waals surface area contributed by atoms with Crippen LogP contribution in [0.4, 0.5) is 0 Å². The normalized spacial score (nSPS) is 12.5. The lowest BCUT2D eigenvalue weighted by Gasteiger charge is -2.13. The van der Waals surface area contributed by atoms with E-state index in [-0.39, 0.29) is 11.7 Å². The van der Waals surface area contributed by atoms with Crippen LogP contribution in [-0.4, -0.2) is 20.9 Å². The number of ketones is 1. The zero-order valence-corrected chi connectivity index (χ0v) is 16.7. The molecule has 0 bridgehead atoms. The summed E-state index contributed by atoms with van der Waals surface area (Å²) in [6.07, 6.45) is 2.07. The van der Waals surface area contributed by atoms with Crippen molar-refractivity contribution in [1.82, 2.24) is 9.97 Å². The van der Waals surface area contributed by atoms with Gasteiger partial charge in [-0.15, -0.1) is 22.7 Å². The van der Waals surface area contributed by atoms with E-state index in [0.717, 1.165) is 10.6 Å². The number of hydrogen-bond acceptors (Lipinski definition) is 6. The van der Waals surface area contributed by atoms with Crippen LogP contribution < -0.4 is 0 Å². The summed E-state index contributed by atoms with van der Waals surface area (Å²) in [5, 5.41) is 13.9. The topological polar surface area (TPSA) is 63.1 Å². The van der Waals surface area contributed by atoms with E-state index in [2.05, 4.69) is 34.2 Å². The van der Waals surface area contributed by atoms with Crippen LogP contribution in [0.15, 0.2) is 35.8 Å². The second-order valence-electron chi connectivity index (χ2n) is 6.67. The molecule has 0 amide bonds. The Balaban J connectivity index is 1.84. The van der Waals surface area contributed by atoms with Gasteiger partial charge in [0.1, 0.15) is 5.69 Å². The van der Waals surface area contributed by atoms with Gasteiger partial charge in [0.25, 0.3) is 0 Å². The van der Waals surface area contributed by atoms with E-state index in [4.69, 9.17) is 0 Å². The summed E-state index contributed by atoms with van der Waals surface area (Å²) in [7, 11) is 0. The van der Waals surface area contributed by atoms with Gasteiger partial charge in [-0.2, -0.15) is 0 Å². The second kappa shape index (κ2) is 8.20. The minimum atomic E-state index is -0.695. The number of carbonyl (C=O) groups excluding carboxylic acids is 1. The zero-order valence-electron chi connectivity index (χ0n) is 15.1. The van der Waals surface area contributed by atoms with Gasteiger partial charge in [-0.25, -0.2) is 9.97 Å². The molecular weight excluding hydrogens is 364 g/mol.